The number of halogens is 2. The standard InChI is InChI=1S/C9H9Cl2O3P/c1-2-14-15(13)9(12)8-6(10)4-3-5-7(8)11/h3-5,15H,2H2,1H3. The molecule has 1 unspecified atom stereocenters. The average Bonchev–Trinajstić information content (AvgIpc) is 2.17. The SMILES string of the molecule is CCO[PH](=O)C(=O)c1c(Cl)cccc1Cl. The molecule has 1 rings (SSSR count). The smallest absolute Gasteiger partial charge is 0.260 e. The molecule has 0 aliphatic carbocycles. The number of rotatable bonds is 4. The number of hydrogen-bond acceptors (Lipinski definition) is 3. The molecule has 0 saturated heterocycles. The van der Waals surface area contributed by atoms with Gasteiger partial charge in [0.15, 0.2) is 0 Å². The van der Waals surface area contributed by atoms with Gasteiger partial charge in [0.25, 0.3) is 8.03 Å². The van der Waals surface area contributed by atoms with E-state index >= 15 is 0 Å². The van der Waals surface area contributed by atoms with Crippen LogP contribution in [-0.2, 0) is 9.09 Å². The van der Waals surface area contributed by atoms with Crippen molar-refractivity contribution >= 4 is 36.8 Å². The van der Waals surface area contributed by atoms with Crippen molar-refractivity contribution in [3.8, 4) is 0 Å². The predicted molar refractivity (Wildman–Crippen MR) is 61.4 cm³/mol. The van der Waals surface area contributed by atoms with Crippen molar-refractivity contribution in [1.82, 2.24) is 0 Å². The molecule has 0 fully saturated rings. The molecule has 0 aliphatic heterocycles. The zero-order valence-corrected chi connectivity index (χ0v) is 10.4. The summed E-state index contributed by atoms with van der Waals surface area (Å²) in [6.45, 7) is 1.87. The average molecular weight is 267 g/mol. The zero-order chi connectivity index (χ0) is 11.4. The third-order valence-electron chi connectivity index (χ3n) is 1.65. The van der Waals surface area contributed by atoms with E-state index in [1.54, 1.807) is 13.0 Å². The number of carbonyl (C=O) groups excluding carboxylic acids is 1. The highest BCUT2D eigenvalue weighted by Crippen LogP contribution is 2.35. The Bertz CT molecular complexity index is 386. The zero-order valence-electron chi connectivity index (χ0n) is 7.92. The molecule has 0 aromatic heterocycles. The molecular weight excluding hydrogens is 258 g/mol. The molecular formula is C9H9Cl2O3P. The van der Waals surface area contributed by atoms with Crippen LogP contribution in [0.3, 0.4) is 0 Å². The Hall–Kier alpha value is -0.340. The topological polar surface area (TPSA) is 43.4 Å². The van der Waals surface area contributed by atoms with Crippen molar-refractivity contribution in [2.75, 3.05) is 6.61 Å². The third kappa shape index (κ3) is 3.05. The van der Waals surface area contributed by atoms with E-state index in [4.69, 9.17) is 27.7 Å². The van der Waals surface area contributed by atoms with Gasteiger partial charge in [-0.15, -0.1) is 0 Å². The minimum absolute atomic E-state index is 0.0678. The fourth-order valence-electron chi connectivity index (χ4n) is 1.01. The first-order chi connectivity index (χ1) is 7.07. The van der Waals surface area contributed by atoms with Gasteiger partial charge in [0.05, 0.1) is 22.2 Å². The van der Waals surface area contributed by atoms with Crippen molar-refractivity contribution in [2.24, 2.45) is 0 Å². The molecule has 0 spiro atoms. The van der Waals surface area contributed by atoms with Crippen LogP contribution in [-0.4, -0.2) is 12.1 Å². The maximum atomic E-state index is 11.6. The van der Waals surface area contributed by atoms with Crippen LogP contribution in [0.25, 0.3) is 0 Å². The minimum atomic E-state index is -2.77. The lowest BCUT2D eigenvalue weighted by atomic mass is 10.2. The van der Waals surface area contributed by atoms with Crippen LogP contribution in [0.2, 0.25) is 10.0 Å². The summed E-state index contributed by atoms with van der Waals surface area (Å²) in [6, 6.07) is 4.64. The van der Waals surface area contributed by atoms with Gasteiger partial charge in [-0.1, -0.05) is 29.3 Å². The second-order valence-electron chi connectivity index (χ2n) is 2.65. The molecule has 0 radical (unpaired) electrons. The fourth-order valence-corrected chi connectivity index (χ4v) is 2.61. The molecule has 3 nitrogen and oxygen atoms in total. The van der Waals surface area contributed by atoms with E-state index in [1.807, 2.05) is 0 Å². The number of benzene rings is 1. The Balaban J connectivity index is 3.06. The minimum Gasteiger partial charge on any atom is -0.325 e. The second kappa shape index (κ2) is 5.66. The van der Waals surface area contributed by atoms with Crippen molar-refractivity contribution in [3.63, 3.8) is 0 Å². The van der Waals surface area contributed by atoms with Gasteiger partial charge < -0.3 is 4.52 Å². The van der Waals surface area contributed by atoms with E-state index in [1.165, 1.54) is 12.1 Å². The van der Waals surface area contributed by atoms with Crippen LogP contribution in [0, 0.1) is 0 Å². The Morgan fingerprint density at radius 1 is 1.40 bits per heavy atom. The molecule has 1 atom stereocenters. The highest BCUT2D eigenvalue weighted by Gasteiger charge is 2.20. The molecule has 15 heavy (non-hydrogen) atoms. The molecule has 6 heteroatoms. The summed E-state index contributed by atoms with van der Waals surface area (Å²) in [7, 11) is -2.77. The number of hydrogen-bond donors (Lipinski definition) is 0. The van der Waals surface area contributed by atoms with Crippen LogP contribution in [0.4, 0.5) is 0 Å². The molecule has 0 heterocycles. The first-order valence-electron chi connectivity index (χ1n) is 4.23. The molecule has 0 saturated carbocycles. The first kappa shape index (κ1) is 12.7. The van der Waals surface area contributed by atoms with Crippen molar-refractivity contribution in [2.45, 2.75) is 6.92 Å². The summed E-state index contributed by atoms with van der Waals surface area (Å²) < 4.78 is 16.1. The van der Waals surface area contributed by atoms with Gasteiger partial charge in [-0.05, 0) is 19.1 Å². The predicted octanol–water partition coefficient (Wildman–Crippen LogP) is 3.64. The van der Waals surface area contributed by atoms with Gasteiger partial charge in [-0.3, -0.25) is 9.36 Å². The van der Waals surface area contributed by atoms with Crippen molar-refractivity contribution in [3.05, 3.63) is 33.8 Å². The maximum Gasteiger partial charge on any atom is 0.260 e. The summed E-state index contributed by atoms with van der Waals surface area (Å²) in [5.74, 6) is 0. The van der Waals surface area contributed by atoms with Crippen LogP contribution in [0.1, 0.15) is 17.3 Å². The molecule has 1 aromatic carbocycles. The number of carbonyl (C=O) groups is 1. The van der Waals surface area contributed by atoms with E-state index in [0.29, 0.717) is 0 Å². The molecule has 1 aromatic rings. The molecule has 0 bridgehead atoms. The van der Waals surface area contributed by atoms with E-state index < -0.39 is 13.6 Å². The molecule has 82 valence electrons. The lowest BCUT2D eigenvalue weighted by molar-refractivity contribution is 0.106. The van der Waals surface area contributed by atoms with Gasteiger partial charge in [0, 0.05) is 0 Å². The maximum absolute atomic E-state index is 11.6. The monoisotopic (exact) mass is 266 g/mol. The van der Waals surface area contributed by atoms with Gasteiger partial charge in [-0.2, -0.15) is 0 Å². The summed E-state index contributed by atoms with van der Waals surface area (Å²) in [4.78, 5) is 11.6. The van der Waals surface area contributed by atoms with E-state index in [-0.39, 0.29) is 22.2 Å². The summed E-state index contributed by atoms with van der Waals surface area (Å²) >= 11 is 11.6. The highest BCUT2D eigenvalue weighted by molar-refractivity contribution is 7.60. The Labute approximate surface area is 98.2 Å². The van der Waals surface area contributed by atoms with E-state index in [0.717, 1.165) is 0 Å². The summed E-state index contributed by atoms with van der Waals surface area (Å²) in [5.41, 5.74) is -0.573. The van der Waals surface area contributed by atoms with Crippen LogP contribution in [0.15, 0.2) is 18.2 Å². The Morgan fingerprint density at radius 2 is 1.93 bits per heavy atom. The Kier molecular flexibility index (Phi) is 4.81. The lowest BCUT2D eigenvalue weighted by Crippen LogP contribution is -1.97. The Morgan fingerprint density at radius 3 is 2.40 bits per heavy atom. The van der Waals surface area contributed by atoms with E-state index in [2.05, 4.69) is 0 Å². The normalized spacial score (nSPS) is 12.5. The molecule has 0 amide bonds. The van der Waals surface area contributed by atoms with Crippen molar-refractivity contribution < 1.29 is 13.9 Å². The highest BCUT2D eigenvalue weighted by atomic mass is 35.5. The summed E-state index contributed by atoms with van der Waals surface area (Å²) in [5, 5.41) is 0.371. The third-order valence-corrected chi connectivity index (χ3v) is 3.45. The fraction of sp³-hybridized carbons (Fsp3) is 0.222. The van der Waals surface area contributed by atoms with Crippen LogP contribution < -0.4 is 0 Å². The lowest BCUT2D eigenvalue weighted by Gasteiger charge is -2.05. The van der Waals surface area contributed by atoms with Crippen LogP contribution in [0.5, 0.6) is 0 Å². The van der Waals surface area contributed by atoms with Crippen LogP contribution >= 0.6 is 31.2 Å². The van der Waals surface area contributed by atoms with Gasteiger partial charge >= 0.3 is 0 Å². The molecule has 0 aliphatic rings. The largest absolute Gasteiger partial charge is 0.325 e. The second-order valence-corrected chi connectivity index (χ2v) is 4.78. The quantitative estimate of drug-likeness (QED) is 0.782. The van der Waals surface area contributed by atoms with Gasteiger partial charge in [-0.25, -0.2) is 0 Å². The first-order valence-corrected chi connectivity index (χ1v) is 6.30. The molecule has 0 N–H and O–H groups in total. The van der Waals surface area contributed by atoms with E-state index in [9.17, 15) is 9.36 Å². The van der Waals surface area contributed by atoms with Gasteiger partial charge in [0.1, 0.15) is 0 Å². The van der Waals surface area contributed by atoms with Crippen molar-refractivity contribution in [1.29, 1.82) is 0 Å². The van der Waals surface area contributed by atoms with Gasteiger partial charge in [0.2, 0.25) is 5.52 Å². The summed E-state index contributed by atoms with van der Waals surface area (Å²) in [6.07, 6.45) is 0.